The van der Waals surface area contributed by atoms with E-state index in [-0.39, 0.29) is 5.41 Å². The molecule has 1 amide bonds. The van der Waals surface area contributed by atoms with Crippen molar-refractivity contribution >= 4 is 22.6 Å². The zero-order chi connectivity index (χ0) is 16.1. The fourth-order valence-corrected chi connectivity index (χ4v) is 5.67. The largest absolute Gasteiger partial charge is 0.320 e. The maximum absolute atomic E-state index is 13.2. The van der Waals surface area contributed by atoms with Gasteiger partial charge in [0, 0.05) is 15.0 Å². The van der Waals surface area contributed by atoms with E-state index in [0.29, 0.717) is 14.3 Å². The fourth-order valence-electron chi connectivity index (χ4n) is 3.41. The van der Waals surface area contributed by atoms with Gasteiger partial charge in [-0.25, -0.2) is 0 Å². The Kier molecular flexibility index (Phi) is 5.46. The second-order valence-corrected chi connectivity index (χ2v) is 9.44. The van der Waals surface area contributed by atoms with Gasteiger partial charge in [-0.1, -0.05) is 68.9 Å². The maximum Gasteiger partial charge on any atom is 0.236 e. The minimum absolute atomic E-state index is 0.330. The van der Waals surface area contributed by atoms with Crippen molar-refractivity contribution in [2.75, 3.05) is 13.2 Å². The molecular weight excluding hydrogens is 320 g/mol. The molecule has 0 radical (unpaired) electrons. The zero-order valence-corrected chi connectivity index (χ0v) is 15.5. The van der Waals surface area contributed by atoms with Gasteiger partial charge in [0.2, 0.25) is 5.91 Å². The number of aryl methyl sites for hydroxylation is 1. The molecule has 23 heavy (non-hydrogen) atoms. The van der Waals surface area contributed by atoms with E-state index >= 15 is 0 Å². The van der Waals surface area contributed by atoms with Crippen LogP contribution >= 0.6 is 16.7 Å². The molecule has 0 spiro atoms. The SMILES string of the molecule is CPPN1CC[C@@](CCc2ccccc2)(c2ccccc2)C1=O. The summed E-state index contributed by atoms with van der Waals surface area (Å²) in [7, 11) is 1.46. The highest BCUT2D eigenvalue weighted by Gasteiger charge is 2.47. The van der Waals surface area contributed by atoms with Gasteiger partial charge in [-0.3, -0.25) is 4.79 Å². The molecule has 2 nitrogen and oxygen atoms in total. The molecule has 2 aromatic rings. The summed E-state index contributed by atoms with van der Waals surface area (Å²) in [4.78, 5) is 13.2. The van der Waals surface area contributed by atoms with E-state index in [1.54, 1.807) is 0 Å². The Morgan fingerprint density at radius 1 is 1.04 bits per heavy atom. The number of amides is 1. The van der Waals surface area contributed by atoms with Gasteiger partial charge in [-0.05, 0) is 37.1 Å². The predicted octanol–water partition coefficient (Wildman–Crippen LogP) is 4.61. The van der Waals surface area contributed by atoms with Gasteiger partial charge >= 0.3 is 0 Å². The van der Waals surface area contributed by atoms with E-state index < -0.39 is 0 Å². The van der Waals surface area contributed by atoms with Crippen LogP contribution in [0.1, 0.15) is 24.0 Å². The molecule has 0 aliphatic carbocycles. The lowest BCUT2D eigenvalue weighted by atomic mass is 9.74. The third kappa shape index (κ3) is 3.49. The quantitative estimate of drug-likeness (QED) is 0.702. The Morgan fingerprint density at radius 2 is 1.70 bits per heavy atom. The van der Waals surface area contributed by atoms with Crippen LogP contribution in [0.2, 0.25) is 0 Å². The van der Waals surface area contributed by atoms with Gasteiger partial charge in [0.25, 0.3) is 0 Å². The number of carbonyl (C=O) groups is 1. The van der Waals surface area contributed by atoms with Crippen molar-refractivity contribution < 1.29 is 4.79 Å². The lowest BCUT2D eigenvalue weighted by Gasteiger charge is -2.28. The minimum Gasteiger partial charge on any atom is -0.320 e. The van der Waals surface area contributed by atoms with Crippen LogP contribution in [0.25, 0.3) is 0 Å². The first-order chi connectivity index (χ1) is 11.3. The van der Waals surface area contributed by atoms with Crippen LogP contribution in [-0.2, 0) is 16.6 Å². The molecule has 3 atom stereocenters. The van der Waals surface area contributed by atoms with Crippen molar-refractivity contribution in [2.45, 2.75) is 24.7 Å². The van der Waals surface area contributed by atoms with Crippen LogP contribution in [0.15, 0.2) is 60.7 Å². The average Bonchev–Trinajstić information content (AvgIpc) is 2.93. The number of benzene rings is 2. The number of hydrogen-bond acceptors (Lipinski definition) is 1. The van der Waals surface area contributed by atoms with Gasteiger partial charge in [0.1, 0.15) is 0 Å². The molecule has 1 aliphatic heterocycles. The molecule has 0 saturated carbocycles. The third-order valence-electron chi connectivity index (χ3n) is 4.67. The molecule has 1 fully saturated rings. The second-order valence-electron chi connectivity index (χ2n) is 6.00. The molecule has 0 bridgehead atoms. The Hall–Kier alpha value is -1.23. The molecular formula is C19H23NOP2. The molecule has 1 saturated heterocycles. The molecule has 4 heteroatoms. The highest BCUT2D eigenvalue weighted by Crippen LogP contribution is 2.48. The summed E-state index contributed by atoms with van der Waals surface area (Å²) >= 11 is 0. The summed E-state index contributed by atoms with van der Waals surface area (Å²) in [5.74, 6) is 0.340. The Labute approximate surface area is 142 Å². The topological polar surface area (TPSA) is 20.3 Å². The van der Waals surface area contributed by atoms with Crippen molar-refractivity contribution in [3.63, 3.8) is 0 Å². The van der Waals surface area contributed by atoms with E-state index in [1.807, 2.05) is 12.1 Å². The third-order valence-corrected chi connectivity index (χ3v) is 7.07. The first kappa shape index (κ1) is 16.6. The van der Waals surface area contributed by atoms with E-state index in [4.69, 9.17) is 0 Å². The molecule has 1 aliphatic rings. The minimum atomic E-state index is -0.330. The average molecular weight is 343 g/mol. The molecule has 0 N–H and O–H groups in total. The van der Waals surface area contributed by atoms with Crippen molar-refractivity contribution in [1.29, 1.82) is 0 Å². The monoisotopic (exact) mass is 343 g/mol. The van der Waals surface area contributed by atoms with Gasteiger partial charge in [-0.2, -0.15) is 0 Å². The van der Waals surface area contributed by atoms with Crippen molar-refractivity contribution in [3.05, 3.63) is 71.8 Å². The van der Waals surface area contributed by atoms with Gasteiger partial charge in [-0.15, -0.1) is 0 Å². The normalized spacial score (nSPS) is 22.0. The zero-order valence-electron chi connectivity index (χ0n) is 13.5. The Morgan fingerprint density at radius 3 is 2.35 bits per heavy atom. The molecule has 1 heterocycles. The van der Waals surface area contributed by atoms with Crippen LogP contribution in [0.4, 0.5) is 0 Å². The molecule has 2 aromatic carbocycles. The van der Waals surface area contributed by atoms with Crippen LogP contribution in [0, 0.1) is 0 Å². The summed E-state index contributed by atoms with van der Waals surface area (Å²) in [5.41, 5.74) is 2.17. The summed E-state index contributed by atoms with van der Waals surface area (Å²) in [6.07, 6.45) is 2.79. The van der Waals surface area contributed by atoms with Gasteiger partial charge in [0.05, 0.1) is 5.41 Å². The molecule has 3 rings (SSSR count). The smallest absolute Gasteiger partial charge is 0.236 e. The summed E-state index contributed by atoms with van der Waals surface area (Å²) in [6.45, 7) is 3.08. The van der Waals surface area contributed by atoms with E-state index in [2.05, 4.69) is 59.9 Å². The Balaban J connectivity index is 1.87. The summed E-state index contributed by atoms with van der Waals surface area (Å²) in [5, 5.41) is 0. The second kappa shape index (κ2) is 7.56. The number of hydrogen-bond donors (Lipinski definition) is 0. The van der Waals surface area contributed by atoms with Gasteiger partial charge in [0.15, 0.2) is 0 Å². The summed E-state index contributed by atoms with van der Waals surface area (Å²) in [6, 6.07) is 20.9. The lowest BCUT2D eigenvalue weighted by Crippen LogP contribution is -2.35. The van der Waals surface area contributed by atoms with E-state index in [9.17, 15) is 4.79 Å². The standard InChI is InChI=1S/C19H23NOP2/c1-22-23-20-15-14-19(18(20)21,17-10-6-3-7-11-17)13-12-16-8-4-2-5-9-16/h2-11,22-23H,12-15H2,1H3/t19-/m0/s1. The van der Waals surface area contributed by atoms with Crippen LogP contribution < -0.4 is 0 Å². The van der Waals surface area contributed by atoms with Crippen molar-refractivity contribution in [2.24, 2.45) is 0 Å². The fraction of sp³-hybridized carbons (Fsp3) is 0.316. The molecule has 2 unspecified atom stereocenters. The number of rotatable bonds is 6. The first-order valence-corrected chi connectivity index (χ1v) is 11.5. The Bertz CT molecular complexity index is 647. The van der Waals surface area contributed by atoms with E-state index in [0.717, 1.165) is 34.1 Å². The number of nitrogens with zero attached hydrogens (tertiary/aromatic N) is 1. The summed E-state index contributed by atoms with van der Waals surface area (Å²) < 4.78 is 2.09. The van der Waals surface area contributed by atoms with Crippen molar-refractivity contribution in [1.82, 2.24) is 4.67 Å². The molecule has 0 aromatic heterocycles. The number of carbonyl (C=O) groups excluding carboxylic acids is 1. The lowest BCUT2D eigenvalue weighted by molar-refractivity contribution is -0.128. The van der Waals surface area contributed by atoms with Crippen LogP contribution in [-0.4, -0.2) is 23.8 Å². The van der Waals surface area contributed by atoms with E-state index in [1.165, 1.54) is 11.1 Å². The van der Waals surface area contributed by atoms with Crippen molar-refractivity contribution in [3.8, 4) is 0 Å². The predicted molar refractivity (Wildman–Crippen MR) is 102 cm³/mol. The maximum atomic E-state index is 13.2. The first-order valence-electron chi connectivity index (χ1n) is 8.10. The highest BCUT2D eigenvalue weighted by molar-refractivity contribution is 8.10. The van der Waals surface area contributed by atoms with Gasteiger partial charge < -0.3 is 4.67 Å². The van der Waals surface area contributed by atoms with Crippen LogP contribution in [0.3, 0.4) is 0 Å². The van der Waals surface area contributed by atoms with Crippen LogP contribution in [0.5, 0.6) is 0 Å². The highest BCUT2D eigenvalue weighted by atomic mass is 32.0. The molecule has 120 valence electrons.